The van der Waals surface area contributed by atoms with Crippen molar-refractivity contribution in [3.63, 3.8) is 0 Å². The highest BCUT2D eigenvalue weighted by Gasteiger charge is 2.43. The van der Waals surface area contributed by atoms with Gasteiger partial charge in [0.1, 0.15) is 0 Å². The molecule has 0 aromatic heterocycles. The van der Waals surface area contributed by atoms with E-state index in [0.29, 0.717) is 31.5 Å². The number of hydrogen-bond donors (Lipinski definition) is 2. The van der Waals surface area contributed by atoms with Gasteiger partial charge in [-0.25, -0.2) is 0 Å². The van der Waals surface area contributed by atoms with Crippen LogP contribution in [0, 0.1) is 0 Å². The van der Waals surface area contributed by atoms with E-state index in [4.69, 9.17) is 0 Å². The fourth-order valence-corrected chi connectivity index (χ4v) is 5.12. The monoisotopic (exact) mass is 441 g/mol. The smallest absolute Gasteiger partial charge is 0.251 e. The molecule has 3 aliphatic rings. The average Bonchev–Trinajstić information content (AvgIpc) is 3.23. The van der Waals surface area contributed by atoms with Crippen molar-refractivity contribution in [2.45, 2.75) is 56.7 Å². The Morgan fingerprint density at radius 1 is 1.12 bits per heavy atom. The lowest BCUT2D eigenvalue weighted by Gasteiger charge is -2.37. The van der Waals surface area contributed by atoms with E-state index >= 15 is 0 Å². The van der Waals surface area contributed by atoms with Crippen LogP contribution in [0.5, 0.6) is 0 Å². The number of nitrogens with one attached hydrogen (secondary N) is 2. The molecule has 1 aromatic carbocycles. The molecule has 4 rings (SSSR count). The molecule has 32 heavy (non-hydrogen) atoms. The Kier molecular flexibility index (Phi) is 6.98. The number of carbonyl (C=O) groups excluding carboxylic acids is 3. The van der Waals surface area contributed by atoms with Crippen LogP contribution < -0.4 is 15.5 Å². The molecule has 0 bridgehead atoms. The maximum atomic E-state index is 12.7. The van der Waals surface area contributed by atoms with Crippen molar-refractivity contribution < 1.29 is 14.4 Å². The zero-order chi connectivity index (χ0) is 22.7. The Bertz CT molecular complexity index is 835. The first kappa shape index (κ1) is 22.6. The highest BCUT2D eigenvalue weighted by atomic mass is 16.2. The highest BCUT2D eigenvalue weighted by Crippen LogP contribution is 2.26. The van der Waals surface area contributed by atoms with E-state index in [0.717, 1.165) is 38.0 Å². The minimum atomic E-state index is -0.236. The van der Waals surface area contributed by atoms with Crippen LogP contribution in [0.25, 0.3) is 0 Å². The van der Waals surface area contributed by atoms with Crippen molar-refractivity contribution in [1.29, 1.82) is 0 Å². The zero-order valence-electron chi connectivity index (χ0n) is 19.2. The Balaban J connectivity index is 1.33. The summed E-state index contributed by atoms with van der Waals surface area (Å²) < 4.78 is 0. The van der Waals surface area contributed by atoms with Gasteiger partial charge in [0, 0.05) is 70.0 Å². The SMILES string of the molecule is CN(C)c1ccc(C(=O)NC2CC3C(=O)NCC(CCC(=O)N4CCCCC4)N3C2)cc1. The number of likely N-dealkylation sites (tertiary alicyclic amines) is 1. The van der Waals surface area contributed by atoms with Crippen molar-refractivity contribution >= 4 is 23.4 Å². The van der Waals surface area contributed by atoms with Gasteiger partial charge in [0.25, 0.3) is 5.91 Å². The fourth-order valence-electron chi connectivity index (χ4n) is 5.12. The third-order valence-corrected chi connectivity index (χ3v) is 7.00. The summed E-state index contributed by atoms with van der Waals surface area (Å²) in [5.74, 6) is 0.136. The molecule has 1 aromatic rings. The molecule has 0 radical (unpaired) electrons. The summed E-state index contributed by atoms with van der Waals surface area (Å²) >= 11 is 0. The molecule has 0 saturated carbocycles. The molecule has 3 atom stereocenters. The van der Waals surface area contributed by atoms with Gasteiger partial charge in [-0.1, -0.05) is 0 Å². The highest BCUT2D eigenvalue weighted by molar-refractivity contribution is 5.95. The summed E-state index contributed by atoms with van der Waals surface area (Å²) in [5, 5.41) is 6.11. The van der Waals surface area contributed by atoms with Crippen LogP contribution in [0.15, 0.2) is 24.3 Å². The summed E-state index contributed by atoms with van der Waals surface area (Å²) in [7, 11) is 3.93. The molecule has 2 N–H and O–H groups in total. The first-order valence-electron chi connectivity index (χ1n) is 11.8. The number of carbonyl (C=O) groups is 3. The largest absolute Gasteiger partial charge is 0.378 e. The first-order valence-corrected chi connectivity index (χ1v) is 11.8. The number of hydrogen-bond acceptors (Lipinski definition) is 5. The minimum absolute atomic E-state index is 0.0238. The van der Waals surface area contributed by atoms with Crippen LogP contribution in [-0.2, 0) is 9.59 Å². The second kappa shape index (κ2) is 9.90. The van der Waals surface area contributed by atoms with Gasteiger partial charge < -0.3 is 20.4 Å². The predicted molar refractivity (Wildman–Crippen MR) is 124 cm³/mol. The number of anilines is 1. The van der Waals surface area contributed by atoms with Crippen LogP contribution >= 0.6 is 0 Å². The second-order valence-electron chi connectivity index (χ2n) is 9.44. The Morgan fingerprint density at radius 2 is 1.84 bits per heavy atom. The maximum absolute atomic E-state index is 12.7. The molecule has 3 heterocycles. The molecule has 0 spiro atoms. The minimum Gasteiger partial charge on any atom is -0.378 e. The average molecular weight is 442 g/mol. The molecule has 3 unspecified atom stereocenters. The second-order valence-corrected chi connectivity index (χ2v) is 9.44. The van der Waals surface area contributed by atoms with Gasteiger partial charge in [0.05, 0.1) is 6.04 Å². The third-order valence-electron chi connectivity index (χ3n) is 7.00. The number of piperazine rings is 1. The first-order chi connectivity index (χ1) is 15.4. The molecule has 3 amide bonds. The van der Waals surface area contributed by atoms with Gasteiger partial charge in [-0.05, 0) is 56.4 Å². The lowest BCUT2D eigenvalue weighted by atomic mass is 10.0. The van der Waals surface area contributed by atoms with Gasteiger partial charge in [0.15, 0.2) is 0 Å². The van der Waals surface area contributed by atoms with Crippen molar-refractivity contribution in [2.75, 3.05) is 45.2 Å². The summed E-state index contributed by atoms with van der Waals surface area (Å²) in [4.78, 5) is 44.0. The normalized spacial score (nSPS) is 25.8. The lowest BCUT2D eigenvalue weighted by Crippen LogP contribution is -2.58. The van der Waals surface area contributed by atoms with Gasteiger partial charge in [0.2, 0.25) is 11.8 Å². The van der Waals surface area contributed by atoms with E-state index in [2.05, 4.69) is 15.5 Å². The number of fused-ring (bicyclic) bond motifs is 1. The van der Waals surface area contributed by atoms with Crippen LogP contribution in [0.1, 0.15) is 48.9 Å². The van der Waals surface area contributed by atoms with Crippen LogP contribution in [-0.4, -0.2) is 85.9 Å². The number of piperidine rings is 1. The molecule has 3 saturated heterocycles. The van der Waals surface area contributed by atoms with E-state index in [1.165, 1.54) is 6.42 Å². The number of nitrogens with zero attached hydrogens (tertiary/aromatic N) is 3. The number of rotatable bonds is 6. The van der Waals surface area contributed by atoms with Crippen LogP contribution in [0.3, 0.4) is 0 Å². The molecule has 8 nitrogen and oxygen atoms in total. The molecule has 174 valence electrons. The lowest BCUT2D eigenvalue weighted by molar-refractivity contribution is -0.133. The number of benzene rings is 1. The third kappa shape index (κ3) is 5.06. The molecular weight excluding hydrogens is 406 g/mol. The molecule has 0 aliphatic carbocycles. The van der Waals surface area contributed by atoms with Gasteiger partial charge >= 0.3 is 0 Å². The van der Waals surface area contributed by atoms with Gasteiger partial charge in [-0.3, -0.25) is 19.3 Å². The summed E-state index contributed by atoms with van der Waals surface area (Å²) in [6.45, 7) is 2.95. The fraction of sp³-hybridized carbons (Fsp3) is 0.625. The van der Waals surface area contributed by atoms with E-state index in [1.807, 2.05) is 48.2 Å². The maximum Gasteiger partial charge on any atom is 0.251 e. The molecule has 3 fully saturated rings. The van der Waals surface area contributed by atoms with Gasteiger partial charge in [-0.15, -0.1) is 0 Å². The van der Waals surface area contributed by atoms with Crippen molar-refractivity contribution in [3.05, 3.63) is 29.8 Å². The van der Waals surface area contributed by atoms with E-state index < -0.39 is 0 Å². The summed E-state index contributed by atoms with van der Waals surface area (Å²) in [6.07, 6.45) is 5.25. The van der Waals surface area contributed by atoms with Crippen LogP contribution in [0.2, 0.25) is 0 Å². The van der Waals surface area contributed by atoms with Crippen LogP contribution in [0.4, 0.5) is 5.69 Å². The Labute approximate surface area is 190 Å². The van der Waals surface area contributed by atoms with Gasteiger partial charge in [-0.2, -0.15) is 0 Å². The molecule has 8 heteroatoms. The Hall–Kier alpha value is -2.61. The summed E-state index contributed by atoms with van der Waals surface area (Å²) in [5.41, 5.74) is 1.66. The Morgan fingerprint density at radius 3 is 2.53 bits per heavy atom. The molecular formula is C24H35N5O3. The predicted octanol–water partition coefficient (Wildman–Crippen LogP) is 1.22. The number of amides is 3. The van der Waals surface area contributed by atoms with Crippen molar-refractivity contribution in [3.8, 4) is 0 Å². The van der Waals surface area contributed by atoms with E-state index in [1.54, 1.807) is 0 Å². The zero-order valence-corrected chi connectivity index (χ0v) is 19.2. The molecule has 3 aliphatic heterocycles. The standard InChI is InChI=1S/C24H35N5O3/c1-27(2)19-8-6-17(7-9-19)23(31)26-18-14-21-24(32)25-15-20(29(21)16-18)10-11-22(30)28-12-4-3-5-13-28/h6-9,18,20-21H,3-5,10-16H2,1-2H3,(H,25,32)(H,26,31). The van der Waals surface area contributed by atoms with E-state index in [9.17, 15) is 14.4 Å². The quantitative estimate of drug-likeness (QED) is 0.693. The summed E-state index contributed by atoms with van der Waals surface area (Å²) in [6, 6.07) is 7.33. The topological polar surface area (TPSA) is 85.0 Å². The van der Waals surface area contributed by atoms with Crippen molar-refractivity contribution in [1.82, 2.24) is 20.4 Å². The van der Waals surface area contributed by atoms with Crippen molar-refractivity contribution in [2.24, 2.45) is 0 Å². The van der Waals surface area contributed by atoms with E-state index in [-0.39, 0.29) is 35.8 Å².